The van der Waals surface area contributed by atoms with Crippen LogP contribution in [0.1, 0.15) is 117 Å². The minimum Gasteiger partial charge on any atom is -0.350 e. The van der Waals surface area contributed by atoms with E-state index in [0.717, 1.165) is 53.4 Å². The molecule has 4 saturated carbocycles. The van der Waals surface area contributed by atoms with E-state index in [1.54, 1.807) is 6.08 Å². The second kappa shape index (κ2) is 11.5. The summed E-state index contributed by atoms with van der Waals surface area (Å²) < 4.78 is 0. The highest BCUT2D eigenvalue weighted by atomic mass is 16.1. The van der Waals surface area contributed by atoms with Crippen LogP contribution in [-0.4, -0.2) is 11.9 Å². The topological polar surface area (TPSA) is 29.1 Å². The molecular formula is C36H55NO. The number of hydrogen-bond donors (Lipinski definition) is 1. The molecule has 0 saturated heterocycles. The SMILES string of the molecule is CC(C)CCC[C@@H](C)[C@H]1CC[C@H]2[C@@H]3CC[C@H]4C[C@H](NC(=O)C=Cc5ccccc5)CC[C@]4(C)[C@H]3CC[C@]12C. The predicted octanol–water partition coefficient (Wildman–Crippen LogP) is 9.31. The molecule has 2 nitrogen and oxygen atoms in total. The molecular weight excluding hydrogens is 462 g/mol. The van der Waals surface area contributed by atoms with Crippen molar-refractivity contribution >= 4 is 12.0 Å². The van der Waals surface area contributed by atoms with Crippen LogP contribution in [0.3, 0.4) is 0 Å². The number of carbonyl (C=O) groups excluding carboxylic acids is 1. The first-order valence-electron chi connectivity index (χ1n) is 16.2. The summed E-state index contributed by atoms with van der Waals surface area (Å²) in [5, 5.41) is 3.37. The van der Waals surface area contributed by atoms with Crippen LogP contribution in [-0.2, 0) is 4.79 Å². The standard InChI is InChI=1S/C36H55NO/c1-25(2)10-9-11-26(3)31-17-18-32-30-16-15-28-24-29(37-34(38)19-14-27-12-7-6-8-13-27)20-22-35(28,4)33(30)21-23-36(31,32)5/h6-8,12-14,19,25-26,28-33H,9-11,15-18,20-24H2,1-5H3,(H,37,38)/t26-,28+,29-,30+,31-,32+,33+,35+,36-/m1/s1. The summed E-state index contributed by atoms with van der Waals surface area (Å²) >= 11 is 0. The number of amides is 1. The van der Waals surface area contributed by atoms with E-state index in [9.17, 15) is 4.79 Å². The molecule has 4 fully saturated rings. The molecule has 0 aliphatic heterocycles. The zero-order chi connectivity index (χ0) is 26.9. The zero-order valence-corrected chi connectivity index (χ0v) is 25.1. The van der Waals surface area contributed by atoms with Gasteiger partial charge in [0.15, 0.2) is 0 Å². The molecule has 0 spiro atoms. The van der Waals surface area contributed by atoms with Crippen molar-refractivity contribution in [3.8, 4) is 0 Å². The molecule has 38 heavy (non-hydrogen) atoms. The first kappa shape index (κ1) is 28.0. The van der Waals surface area contributed by atoms with Crippen molar-refractivity contribution in [1.29, 1.82) is 0 Å². The quantitative estimate of drug-likeness (QED) is 0.342. The maximum absolute atomic E-state index is 12.7. The third-order valence-electron chi connectivity index (χ3n) is 12.4. The molecule has 0 radical (unpaired) electrons. The second-order valence-electron chi connectivity index (χ2n) is 14.9. The van der Waals surface area contributed by atoms with E-state index >= 15 is 0 Å². The first-order valence-corrected chi connectivity index (χ1v) is 16.2. The fourth-order valence-electron chi connectivity index (χ4n) is 10.4. The predicted molar refractivity (Wildman–Crippen MR) is 160 cm³/mol. The van der Waals surface area contributed by atoms with Crippen LogP contribution in [0.2, 0.25) is 0 Å². The van der Waals surface area contributed by atoms with Gasteiger partial charge in [-0.2, -0.15) is 0 Å². The molecule has 1 N–H and O–H groups in total. The van der Waals surface area contributed by atoms with Gasteiger partial charge in [-0.1, -0.05) is 84.2 Å². The zero-order valence-electron chi connectivity index (χ0n) is 25.1. The molecule has 1 amide bonds. The van der Waals surface area contributed by atoms with Crippen LogP contribution >= 0.6 is 0 Å². The summed E-state index contributed by atoms with van der Waals surface area (Å²) in [6.07, 6.45) is 20.3. The second-order valence-corrected chi connectivity index (χ2v) is 14.9. The molecule has 5 rings (SSSR count). The maximum atomic E-state index is 12.7. The third-order valence-corrected chi connectivity index (χ3v) is 12.4. The number of benzene rings is 1. The van der Waals surface area contributed by atoms with E-state index in [2.05, 4.69) is 39.9 Å². The van der Waals surface area contributed by atoms with Crippen LogP contribution in [0.15, 0.2) is 36.4 Å². The average molecular weight is 518 g/mol. The Morgan fingerprint density at radius 3 is 2.42 bits per heavy atom. The lowest BCUT2D eigenvalue weighted by atomic mass is 9.44. The average Bonchev–Trinajstić information content (AvgIpc) is 3.25. The van der Waals surface area contributed by atoms with Crippen molar-refractivity contribution in [2.45, 2.75) is 118 Å². The summed E-state index contributed by atoms with van der Waals surface area (Å²) in [5.74, 6) is 6.34. The molecule has 210 valence electrons. The number of nitrogens with one attached hydrogen (secondary N) is 1. The Morgan fingerprint density at radius 1 is 0.921 bits per heavy atom. The van der Waals surface area contributed by atoms with Crippen molar-refractivity contribution in [3.05, 3.63) is 42.0 Å². The Bertz CT molecular complexity index is 967. The third kappa shape index (κ3) is 5.53. The molecule has 0 bridgehead atoms. The number of fused-ring (bicyclic) bond motifs is 5. The molecule has 1 aromatic carbocycles. The largest absolute Gasteiger partial charge is 0.350 e. The Balaban J connectivity index is 1.19. The number of carbonyl (C=O) groups is 1. The van der Waals surface area contributed by atoms with Gasteiger partial charge in [0.05, 0.1) is 0 Å². The van der Waals surface area contributed by atoms with Gasteiger partial charge in [0, 0.05) is 12.1 Å². The lowest BCUT2D eigenvalue weighted by Gasteiger charge is -2.61. The summed E-state index contributed by atoms with van der Waals surface area (Å²) in [7, 11) is 0. The van der Waals surface area contributed by atoms with Crippen molar-refractivity contribution in [3.63, 3.8) is 0 Å². The highest BCUT2D eigenvalue weighted by Crippen LogP contribution is 2.68. The van der Waals surface area contributed by atoms with E-state index in [-0.39, 0.29) is 5.91 Å². The van der Waals surface area contributed by atoms with Crippen LogP contribution in [0.4, 0.5) is 0 Å². The molecule has 1 aromatic rings. The highest BCUT2D eigenvalue weighted by Gasteiger charge is 2.60. The van der Waals surface area contributed by atoms with Gasteiger partial charge < -0.3 is 5.32 Å². The van der Waals surface area contributed by atoms with E-state index < -0.39 is 0 Å². The highest BCUT2D eigenvalue weighted by molar-refractivity contribution is 5.91. The van der Waals surface area contributed by atoms with Crippen LogP contribution in [0, 0.1) is 52.3 Å². The first-order chi connectivity index (χ1) is 18.2. The fourth-order valence-corrected chi connectivity index (χ4v) is 10.4. The van der Waals surface area contributed by atoms with E-state index in [1.165, 1.54) is 70.6 Å². The van der Waals surface area contributed by atoms with Gasteiger partial charge in [-0.05, 0) is 122 Å². The van der Waals surface area contributed by atoms with E-state index in [0.29, 0.717) is 16.9 Å². The van der Waals surface area contributed by atoms with Crippen LogP contribution < -0.4 is 5.32 Å². The summed E-state index contributed by atoms with van der Waals surface area (Å²) in [4.78, 5) is 12.7. The van der Waals surface area contributed by atoms with Gasteiger partial charge in [-0.3, -0.25) is 4.79 Å². The van der Waals surface area contributed by atoms with Crippen molar-refractivity contribution < 1.29 is 4.79 Å². The van der Waals surface area contributed by atoms with Gasteiger partial charge >= 0.3 is 0 Å². The van der Waals surface area contributed by atoms with Gasteiger partial charge in [0.2, 0.25) is 5.91 Å². The lowest BCUT2D eigenvalue weighted by Crippen LogP contribution is -2.55. The Morgan fingerprint density at radius 2 is 1.66 bits per heavy atom. The van der Waals surface area contributed by atoms with E-state index in [1.807, 2.05) is 36.4 Å². The smallest absolute Gasteiger partial charge is 0.244 e. The van der Waals surface area contributed by atoms with Crippen LogP contribution in [0.5, 0.6) is 0 Å². The van der Waals surface area contributed by atoms with Crippen molar-refractivity contribution in [2.75, 3.05) is 0 Å². The van der Waals surface area contributed by atoms with Crippen LogP contribution in [0.25, 0.3) is 6.08 Å². The van der Waals surface area contributed by atoms with E-state index in [4.69, 9.17) is 0 Å². The number of hydrogen-bond acceptors (Lipinski definition) is 1. The molecule has 0 aromatic heterocycles. The molecule has 4 aliphatic carbocycles. The summed E-state index contributed by atoms with van der Waals surface area (Å²) in [5.41, 5.74) is 2.14. The Kier molecular flexibility index (Phi) is 8.47. The normalized spacial score (nSPS) is 39.4. The summed E-state index contributed by atoms with van der Waals surface area (Å²) in [6.45, 7) is 12.7. The van der Waals surface area contributed by atoms with Gasteiger partial charge in [0.25, 0.3) is 0 Å². The maximum Gasteiger partial charge on any atom is 0.244 e. The minimum atomic E-state index is 0.0732. The Labute approximate surface area is 233 Å². The molecule has 0 unspecified atom stereocenters. The fraction of sp³-hybridized carbons (Fsp3) is 0.750. The van der Waals surface area contributed by atoms with Crippen molar-refractivity contribution in [2.24, 2.45) is 52.3 Å². The molecule has 2 heteroatoms. The monoisotopic (exact) mass is 517 g/mol. The minimum absolute atomic E-state index is 0.0732. The molecule has 4 aliphatic rings. The molecule has 0 heterocycles. The van der Waals surface area contributed by atoms with Gasteiger partial charge in [-0.25, -0.2) is 0 Å². The van der Waals surface area contributed by atoms with Crippen molar-refractivity contribution in [1.82, 2.24) is 5.32 Å². The number of rotatable bonds is 8. The summed E-state index contributed by atoms with van der Waals surface area (Å²) in [6, 6.07) is 10.5. The van der Waals surface area contributed by atoms with Gasteiger partial charge in [0.1, 0.15) is 0 Å². The lowest BCUT2D eigenvalue weighted by molar-refractivity contribution is -0.125. The van der Waals surface area contributed by atoms with Gasteiger partial charge in [-0.15, -0.1) is 0 Å². The Hall–Kier alpha value is -1.57. The molecule has 9 atom stereocenters.